The summed E-state index contributed by atoms with van der Waals surface area (Å²) >= 11 is 0. The number of fused-ring (bicyclic) bond motifs is 1. The third kappa shape index (κ3) is 3.03. The van der Waals surface area contributed by atoms with E-state index >= 15 is 0 Å². The molecule has 3 rings (SSSR count). The van der Waals surface area contributed by atoms with Gasteiger partial charge in [0.15, 0.2) is 5.75 Å². The molecule has 0 saturated carbocycles. The Labute approximate surface area is 155 Å². The molecule has 1 aromatic heterocycles. The van der Waals surface area contributed by atoms with Crippen LogP contribution in [0.4, 0.5) is 0 Å². The fraction of sp³-hybridized carbons (Fsp3) is 0.286. The highest BCUT2D eigenvalue weighted by Crippen LogP contribution is 2.42. The second kappa shape index (κ2) is 6.65. The number of nitrogens with zero attached hydrogens (tertiary/aromatic N) is 1. The second-order valence-electron chi connectivity index (χ2n) is 7.51. The lowest BCUT2D eigenvalue weighted by molar-refractivity contribution is -0.131. The molecule has 0 fully saturated rings. The van der Waals surface area contributed by atoms with Crippen LogP contribution in [-0.4, -0.2) is 25.7 Å². The van der Waals surface area contributed by atoms with Crippen molar-refractivity contribution in [2.45, 2.75) is 26.6 Å². The van der Waals surface area contributed by atoms with Crippen LogP contribution in [0.5, 0.6) is 11.5 Å². The molecule has 0 spiro atoms. The number of ether oxygens (including phenoxy) is 2. The smallest absolute Gasteiger partial charge is 0.308 e. The summed E-state index contributed by atoms with van der Waals surface area (Å²) in [4.78, 5) is 11.9. The zero-order valence-corrected chi connectivity index (χ0v) is 17.2. The minimum Gasteiger partial charge on any atom is -0.494 e. The average molecular weight is 368 g/mol. The second-order valence-corrected chi connectivity index (χ2v) is 12.5. The Morgan fingerprint density at radius 1 is 1.04 bits per heavy atom. The van der Waals surface area contributed by atoms with Crippen molar-refractivity contribution < 1.29 is 14.3 Å². The van der Waals surface area contributed by atoms with Crippen LogP contribution in [-0.2, 0) is 11.8 Å². The number of aryl methyl sites for hydroxylation is 1. The fourth-order valence-electron chi connectivity index (χ4n) is 3.52. The predicted octanol–water partition coefficient (Wildman–Crippen LogP) is 4.32. The van der Waals surface area contributed by atoms with Gasteiger partial charge in [0.05, 0.1) is 20.7 Å². The summed E-state index contributed by atoms with van der Waals surface area (Å²) in [7, 11) is 1.79. The molecule has 0 atom stereocenters. The number of hydrogen-bond donors (Lipinski definition) is 0. The molecule has 4 nitrogen and oxygen atoms in total. The molecule has 0 saturated heterocycles. The van der Waals surface area contributed by atoms with Gasteiger partial charge in [-0.2, -0.15) is 0 Å². The van der Waals surface area contributed by atoms with E-state index in [4.69, 9.17) is 9.47 Å². The first-order valence-electron chi connectivity index (χ1n) is 8.69. The molecule has 5 heteroatoms. The Morgan fingerprint density at radius 3 is 2.23 bits per heavy atom. The van der Waals surface area contributed by atoms with Gasteiger partial charge in [0.25, 0.3) is 0 Å². The van der Waals surface area contributed by atoms with Crippen LogP contribution in [0.25, 0.3) is 22.0 Å². The number of aromatic nitrogens is 1. The molecule has 0 aliphatic rings. The van der Waals surface area contributed by atoms with Crippen LogP contribution in [0.1, 0.15) is 6.92 Å². The monoisotopic (exact) mass is 367 g/mol. The van der Waals surface area contributed by atoms with E-state index in [2.05, 4.69) is 31.8 Å². The molecular weight excluding hydrogens is 342 g/mol. The molecule has 0 N–H and O–H groups in total. The lowest BCUT2D eigenvalue weighted by Gasteiger charge is -2.27. The Balaban J connectivity index is 2.57. The topological polar surface area (TPSA) is 40.5 Å². The SMILES string of the molecule is COc1c(-c2ccccc2)c([Si](C)(C)C)c(OC(C)=O)c2ccn(C)c12. The number of esters is 1. The van der Waals surface area contributed by atoms with Crippen LogP contribution >= 0.6 is 0 Å². The van der Waals surface area contributed by atoms with E-state index in [0.29, 0.717) is 5.75 Å². The summed E-state index contributed by atoms with van der Waals surface area (Å²) < 4.78 is 13.7. The fourth-order valence-corrected chi connectivity index (χ4v) is 5.39. The number of hydrogen-bond acceptors (Lipinski definition) is 3. The van der Waals surface area contributed by atoms with E-state index in [1.165, 1.54) is 6.92 Å². The first-order chi connectivity index (χ1) is 12.3. The first kappa shape index (κ1) is 18.3. The Bertz CT molecular complexity index is 969. The van der Waals surface area contributed by atoms with Gasteiger partial charge in [-0.1, -0.05) is 50.0 Å². The predicted molar refractivity (Wildman–Crippen MR) is 109 cm³/mol. The van der Waals surface area contributed by atoms with Crippen molar-refractivity contribution in [3.05, 3.63) is 42.6 Å². The maximum Gasteiger partial charge on any atom is 0.308 e. The van der Waals surface area contributed by atoms with Gasteiger partial charge in [0.1, 0.15) is 5.75 Å². The van der Waals surface area contributed by atoms with E-state index in [0.717, 1.165) is 33.0 Å². The van der Waals surface area contributed by atoms with Gasteiger partial charge in [-0.25, -0.2) is 0 Å². The number of carbonyl (C=O) groups is 1. The summed E-state index contributed by atoms with van der Waals surface area (Å²) in [6, 6.07) is 12.2. The maximum absolute atomic E-state index is 11.9. The summed E-state index contributed by atoms with van der Waals surface area (Å²) in [6.07, 6.45) is 1.98. The summed E-state index contributed by atoms with van der Waals surface area (Å²) in [6.45, 7) is 8.23. The highest BCUT2D eigenvalue weighted by molar-refractivity contribution is 6.90. The van der Waals surface area contributed by atoms with Crippen molar-refractivity contribution in [2.24, 2.45) is 7.05 Å². The molecule has 0 radical (unpaired) electrons. The first-order valence-corrected chi connectivity index (χ1v) is 12.2. The Hall–Kier alpha value is -2.53. The molecule has 136 valence electrons. The van der Waals surface area contributed by atoms with Gasteiger partial charge < -0.3 is 14.0 Å². The Kier molecular flexibility index (Phi) is 4.67. The van der Waals surface area contributed by atoms with Crippen LogP contribution in [0.3, 0.4) is 0 Å². The van der Waals surface area contributed by atoms with Crippen LogP contribution in [0, 0.1) is 0 Å². The quantitative estimate of drug-likeness (QED) is 0.392. The van der Waals surface area contributed by atoms with Gasteiger partial charge in [0, 0.05) is 31.1 Å². The zero-order valence-electron chi connectivity index (χ0n) is 16.2. The lowest BCUT2D eigenvalue weighted by atomic mass is 10.0. The maximum atomic E-state index is 11.9. The number of rotatable bonds is 4. The zero-order chi connectivity index (χ0) is 19.1. The molecule has 3 aromatic rings. The minimum absolute atomic E-state index is 0.307. The van der Waals surface area contributed by atoms with Gasteiger partial charge in [0.2, 0.25) is 0 Å². The highest BCUT2D eigenvalue weighted by Gasteiger charge is 2.32. The van der Waals surface area contributed by atoms with Crippen molar-refractivity contribution in [1.29, 1.82) is 0 Å². The van der Waals surface area contributed by atoms with Gasteiger partial charge in [-0.15, -0.1) is 0 Å². The summed E-state index contributed by atoms with van der Waals surface area (Å²) in [5, 5.41) is 2.02. The van der Waals surface area contributed by atoms with Crippen LogP contribution < -0.4 is 14.7 Å². The average Bonchev–Trinajstić information content (AvgIpc) is 2.96. The van der Waals surface area contributed by atoms with E-state index < -0.39 is 8.07 Å². The Morgan fingerprint density at radius 2 is 1.69 bits per heavy atom. The molecule has 0 bridgehead atoms. The van der Waals surface area contributed by atoms with E-state index in [1.807, 2.05) is 42.1 Å². The van der Waals surface area contributed by atoms with Gasteiger partial charge in [-0.05, 0) is 16.8 Å². The molecule has 1 heterocycles. The van der Waals surface area contributed by atoms with Gasteiger partial charge in [-0.3, -0.25) is 4.79 Å². The number of carbonyl (C=O) groups excluding carboxylic acids is 1. The van der Waals surface area contributed by atoms with E-state index in [9.17, 15) is 4.79 Å². The minimum atomic E-state index is -1.89. The number of methoxy groups -OCH3 is 1. The van der Waals surface area contributed by atoms with Crippen molar-refractivity contribution in [1.82, 2.24) is 4.57 Å². The molecule has 0 unspecified atom stereocenters. The summed E-state index contributed by atoms with van der Waals surface area (Å²) in [5.74, 6) is 1.19. The molecule has 0 aliphatic carbocycles. The normalized spacial score (nSPS) is 11.6. The van der Waals surface area contributed by atoms with Crippen molar-refractivity contribution in [3.8, 4) is 22.6 Å². The van der Waals surface area contributed by atoms with Crippen molar-refractivity contribution >= 4 is 30.1 Å². The molecule has 0 amide bonds. The van der Waals surface area contributed by atoms with Crippen molar-refractivity contribution in [3.63, 3.8) is 0 Å². The van der Waals surface area contributed by atoms with Crippen LogP contribution in [0.15, 0.2) is 42.6 Å². The van der Waals surface area contributed by atoms with E-state index in [1.54, 1.807) is 7.11 Å². The van der Waals surface area contributed by atoms with Crippen molar-refractivity contribution in [2.75, 3.05) is 7.11 Å². The number of benzene rings is 2. The standard InChI is InChI=1S/C21H25NO3Si/c1-14(23)25-19-16-12-13-22(2)18(16)20(24-3)17(21(19)26(4,5)6)15-10-8-7-9-11-15/h7-13H,1-6H3. The molecular formula is C21H25NO3Si. The molecule has 26 heavy (non-hydrogen) atoms. The van der Waals surface area contributed by atoms with Crippen LogP contribution in [0.2, 0.25) is 19.6 Å². The summed E-state index contributed by atoms with van der Waals surface area (Å²) in [5.41, 5.74) is 3.03. The van der Waals surface area contributed by atoms with Gasteiger partial charge >= 0.3 is 5.97 Å². The van der Waals surface area contributed by atoms with E-state index in [-0.39, 0.29) is 5.97 Å². The third-order valence-electron chi connectivity index (χ3n) is 4.50. The lowest BCUT2D eigenvalue weighted by Crippen LogP contribution is -2.41. The third-order valence-corrected chi connectivity index (χ3v) is 6.48. The molecule has 0 aliphatic heterocycles. The molecule has 2 aromatic carbocycles. The largest absolute Gasteiger partial charge is 0.494 e. The highest BCUT2D eigenvalue weighted by atomic mass is 28.3.